The van der Waals surface area contributed by atoms with Crippen molar-refractivity contribution in [3.05, 3.63) is 47.8 Å². The fourth-order valence-corrected chi connectivity index (χ4v) is 5.15. The molecule has 0 aliphatic heterocycles. The van der Waals surface area contributed by atoms with E-state index in [1.54, 1.807) is 30.3 Å². The highest BCUT2D eigenvalue weighted by molar-refractivity contribution is 8.00. The Bertz CT molecular complexity index is 900. The lowest BCUT2D eigenvalue weighted by atomic mass is 10.4. The quantitative estimate of drug-likeness (QED) is 0.556. The van der Waals surface area contributed by atoms with Gasteiger partial charge in [-0.3, -0.25) is 0 Å². The van der Waals surface area contributed by atoms with Crippen molar-refractivity contribution in [2.75, 3.05) is 0 Å². The van der Waals surface area contributed by atoms with Crippen molar-refractivity contribution in [1.29, 1.82) is 0 Å². The van der Waals surface area contributed by atoms with E-state index in [4.69, 9.17) is 4.42 Å². The standard InChI is InChI=1S/C17H17NO3S3/c1-3-12(2)23-17-16(18-15(21-17)14-10-7-11-22-14)24(19,20)13-8-5-4-6-9-13/h4-12H,3H2,1-2H3/t12-/m1/s1. The monoisotopic (exact) mass is 379 g/mol. The summed E-state index contributed by atoms with van der Waals surface area (Å²) in [5.41, 5.74) is 0. The third-order valence-corrected chi connectivity index (χ3v) is 7.38. The SMILES string of the molecule is CC[C@@H](C)Sc1oc(-c2cccs2)nc1S(=O)(=O)c1ccccc1. The van der Waals surface area contributed by atoms with Gasteiger partial charge < -0.3 is 4.42 Å². The lowest BCUT2D eigenvalue weighted by Crippen LogP contribution is -2.04. The molecule has 0 saturated heterocycles. The molecule has 3 aromatic rings. The molecular weight excluding hydrogens is 362 g/mol. The second kappa shape index (κ2) is 7.13. The van der Waals surface area contributed by atoms with Crippen LogP contribution in [0.15, 0.2) is 67.3 Å². The number of hydrogen-bond acceptors (Lipinski definition) is 6. The molecule has 0 aliphatic rings. The summed E-state index contributed by atoms with van der Waals surface area (Å²) in [4.78, 5) is 5.36. The molecule has 0 aliphatic carbocycles. The van der Waals surface area contributed by atoms with Crippen LogP contribution < -0.4 is 0 Å². The lowest BCUT2D eigenvalue weighted by molar-refractivity contribution is 0.470. The molecule has 1 atom stereocenters. The molecular formula is C17H17NO3S3. The average Bonchev–Trinajstić information content (AvgIpc) is 3.25. The molecule has 0 amide bonds. The first-order valence-electron chi connectivity index (χ1n) is 7.54. The van der Waals surface area contributed by atoms with Gasteiger partial charge in [0.05, 0.1) is 9.77 Å². The van der Waals surface area contributed by atoms with E-state index < -0.39 is 9.84 Å². The van der Waals surface area contributed by atoms with E-state index in [0.29, 0.717) is 11.0 Å². The van der Waals surface area contributed by atoms with Gasteiger partial charge in [-0.15, -0.1) is 11.3 Å². The molecule has 0 spiro atoms. The molecule has 0 N–H and O–H groups in total. The maximum atomic E-state index is 13.0. The van der Waals surface area contributed by atoms with Gasteiger partial charge in [-0.1, -0.05) is 49.9 Å². The number of sulfone groups is 1. The predicted octanol–water partition coefficient (Wildman–Crippen LogP) is 5.13. The van der Waals surface area contributed by atoms with Crippen LogP contribution in [0, 0.1) is 0 Å². The molecule has 7 heteroatoms. The zero-order valence-electron chi connectivity index (χ0n) is 13.3. The second-order valence-corrected chi connectivity index (χ2v) is 9.47. The Morgan fingerprint density at radius 2 is 1.96 bits per heavy atom. The van der Waals surface area contributed by atoms with Crippen LogP contribution >= 0.6 is 23.1 Å². The minimum absolute atomic E-state index is 0.00222. The average molecular weight is 380 g/mol. The number of nitrogens with zero attached hydrogens (tertiary/aromatic N) is 1. The van der Waals surface area contributed by atoms with Gasteiger partial charge in [0, 0.05) is 5.25 Å². The summed E-state index contributed by atoms with van der Waals surface area (Å²) in [6, 6.07) is 12.1. The Balaban J connectivity index is 2.11. The first-order chi connectivity index (χ1) is 11.5. The van der Waals surface area contributed by atoms with Crippen molar-refractivity contribution in [2.24, 2.45) is 0 Å². The summed E-state index contributed by atoms with van der Waals surface area (Å²) in [6.45, 7) is 4.09. The third kappa shape index (κ3) is 3.43. The van der Waals surface area contributed by atoms with Crippen LogP contribution in [0.1, 0.15) is 20.3 Å². The summed E-state index contributed by atoms with van der Waals surface area (Å²) in [7, 11) is -3.71. The predicted molar refractivity (Wildman–Crippen MR) is 97.3 cm³/mol. The topological polar surface area (TPSA) is 60.2 Å². The van der Waals surface area contributed by atoms with Crippen molar-refractivity contribution in [3.63, 3.8) is 0 Å². The summed E-state index contributed by atoms with van der Waals surface area (Å²) in [5.74, 6) is 0.352. The molecule has 0 unspecified atom stereocenters. The molecule has 4 nitrogen and oxygen atoms in total. The second-order valence-electron chi connectivity index (χ2n) is 5.24. The van der Waals surface area contributed by atoms with Gasteiger partial charge in [-0.05, 0) is 30.0 Å². The van der Waals surface area contributed by atoms with Crippen LogP contribution in [0.25, 0.3) is 10.8 Å². The van der Waals surface area contributed by atoms with Crippen LogP contribution in [0.5, 0.6) is 0 Å². The van der Waals surface area contributed by atoms with E-state index >= 15 is 0 Å². The lowest BCUT2D eigenvalue weighted by Gasteiger charge is -2.07. The maximum absolute atomic E-state index is 13.0. The van der Waals surface area contributed by atoms with Crippen molar-refractivity contribution in [2.45, 2.75) is 40.5 Å². The Kier molecular flexibility index (Phi) is 5.12. The highest BCUT2D eigenvalue weighted by atomic mass is 32.2. The van der Waals surface area contributed by atoms with Crippen molar-refractivity contribution in [3.8, 4) is 10.8 Å². The van der Waals surface area contributed by atoms with E-state index in [9.17, 15) is 8.42 Å². The molecule has 3 rings (SSSR count). The smallest absolute Gasteiger partial charge is 0.238 e. The Morgan fingerprint density at radius 1 is 1.21 bits per heavy atom. The molecule has 0 saturated carbocycles. The Hall–Kier alpha value is -1.57. The van der Waals surface area contributed by atoms with Crippen LogP contribution in [0.4, 0.5) is 0 Å². The van der Waals surface area contributed by atoms with E-state index in [2.05, 4.69) is 11.9 Å². The number of thioether (sulfide) groups is 1. The molecule has 24 heavy (non-hydrogen) atoms. The normalized spacial score (nSPS) is 13.1. The summed E-state index contributed by atoms with van der Waals surface area (Å²) < 4.78 is 31.8. The number of benzene rings is 1. The van der Waals surface area contributed by atoms with Gasteiger partial charge in [0.25, 0.3) is 0 Å². The number of rotatable bonds is 6. The molecule has 1 aromatic carbocycles. The van der Waals surface area contributed by atoms with Gasteiger partial charge in [-0.2, -0.15) is 4.98 Å². The van der Waals surface area contributed by atoms with E-state index in [1.807, 2.05) is 24.4 Å². The Labute approximate surface area is 149 Å². The van der Waals surface area contributed by atoms with E-state index in [-0.39, 0.29) is 15.2 Å². The zero-order chi connectivity index (χ0) is 17.2. The molecule has 126 valence electrons. The maximum Gasteiger partial charge on any atom is 0.238 e. The van der Waals surface area contributed by atoms with Crippen LogP contribution in [-0.2, 0) is 9.84 Å². The first kappa shape index (κ1) is 17.3. The van der Waals surface area contributed by atoms with E-state index in [0.717, 1.165) is 11.3 Å². The molecule has 2 heterocycles. The number of thiophene rings is 1. The minimum Gasteiger partial charge on any atom is -0.428 e. The van der Waals surface area contributed by atoms with Gasteiger partial charge in [0.1, 0.15) is 0 Å². The largest absolute Gasteiger partial charge is 0.428 e. The van der Waals surface area contributed by atoms with Crippen LogP contribution in [0.2, 0.25) is 0 Å². The number of aromatic nitrogens is 1. The van der Waals surface area contributed by atoms with Crippen molar-refractivity contribution < 1.29 is 12.8 Å². The minimum atomic E-state index is -3.71. The summed E-state index contributed by atoms with van der Waals surface area (Å²) in [6.07, 6.45) is 0.907. The van der Waals surface area contributed by atoms with Crippen LogP contribution in [-0.4, -0.2) is 18.7 Å². The third-order valence-electron chi connectivity index (χ3n) is 3.49. The fourth-order valence-electron chi connectivity index (χ4n) is 2.02. The first-order valence-corrected chi connectivity index (χ1v) is 10.8. The van der Waals surface area contributed by atoms with Gasteiger partial charge in [0.15, 0.2) is 0 Å². The van der Waals surface area contributed by atoms with Crippen molar-refractivity contribution in [1.82, 2.24) is 4.98 Å². The summed E-state index contributed by atoms with van der Waals surface area (Å²) >= 11 is 2.87. The van der Waals surface area contributed by atoms with Gasteiger partial charge in [-0.25, -0.2) is 8.42 Å². The van der Waals surface area contributed by atoms with Crippen molar-refractivity contribution >= 4 is 32.9 Å². The summed E-state index contributed by atoms with van der Waals surface area (Å²) in [5, 5.41) is 2.50. The fraction of sp³-hybridized carbons (Fsp3) is 0.235. The number of hydrogen-bond donors (Lipinski definition) is 0. The Morgan fingerprint density at radius 3 is 2.58 bits per heavy atom. The van der Waals surface area contributed by atoms with Crippen LogP contribution in [0.3, 0.4) is 0 Å². The molecule has 0 fully saturated rings. The highest BCUT2D eigenvalue weighted by Gasteiger charge is 2.29. The van der Waals surface area contributed by atoms with Gasteiger partial charge in [0.2, 0.25) is 25.8 Å². The molecule has 0 radical (unpaired) electrons. The molecule has 0 bridgehead atoms. The number of oxazole rings is 1. The highest BCUT2D eigenvalue weighted by Crippen LogP contribution is 2.38. The zero-order valence-corrected chi connectivity index (χ0v) is 15.7. The van der Waals surface area contributed by atoms with Gasteiger partial charge >= 0.3 is 0 Å². The molecule has 2 aromatic heterocycles. The van der Waals surface area contributed by atoms with E-state index in [1.165, 1.54) is 23.1 Å².